The highest BCUT2D eigenvalue weighted by atomic mass is 16.5. The Morgan fingerprint density at radius 1 is 1.19 bits per heavy atom. The predicted octanol–water partition coefficient (Wildman–Crippen LogP) is 3.13. The average molecular weight is 292 g/mol. The minimum absolute atomic E-state index is 0.0192. The third kappa shape index (κ3) is 3.93. The average Bonchev–Trinajstić information content (AvgIpc) is 2.61. The topological polar surface area (TPSA) is 61.2 Å². The molecule has 0 amide bonds. The Hall–Kier alpha value is -1.65. The van der Waals surface area contributed by atoms with Crippen LogP contribution in [0, 0.1) is 0 Å². The summed E-state index contributed by atoms with van der Waals surface area (Å²) in [5.41, 5.74) is -0.432. The lowest BCUT2D eigenvalue weighted by molar-refractivity contribution is 0.100. The SMILES string of the molecule is COc1cn(C2CCCCCCCC2)nc(C(C)=O)c1=O. The summed E-state index contributed by atoms with van der Waals surface area (Å²) in [5.74, 6) is -0.106. The molecule has 0 radical (unpaired) electrons. The Labute approximate surface area is 125 Å². The summed E-state index contributed by atoms with van der Waals surface area (Å²) >= 11 is 0. The highest BCUT2D eigenvalue weighted by Crippen LogP contribution is 2.25. The van der Waals surface area contributed by atoms with Crippen molar-refractivity contribution < 1.29 is 9.53 Å². The van der Waals surface area contributed by atoms with Crippen LogP contribution in [-0.2, 0) is 0 Å². The van der Waals surface area contributed by atoms with Gasteiger partial charge >= 0.3 is 0 Å². The first-order valence-electron chi connectivity index (χ1n) is 7.82. The molecule has 0 aliphatic heterocycles. The fourth-order valence-electron chi connectivity index (χ4n) is 2.92. The molecule has 1 aliphatic rings. The first-order chi connectivity index (χ1) is 10.1. The maximum Gasteiger partial charge on any atom is 0.252 e. The summed E-state index contributed by atoms with van der Waals surface area (Å²) in [6.07, 6.45) is 11.1. The number of methoxy groups -OCH3 is 1. The molecule has 5 heteroatoms. The standard InChI is InChI=1S/C16H24N2O3/c1-12(19)15-16(20)14(21-2)11-18(17-15)13-9-7-5-3-4-6-8-10-13/h11,13H,3-10H2,1-2H3. The fraction of sp³-hybridized carbons (Fsp3) is 0.688. The molecule has 1 fully saturated rings. The van der Waals surface area contributed by atoms with E-state index in [9.17, 15) is 9.59 Å². The van der Waals surface area contributed by atoms with Gasteiger partial charge in [0.25, 0.3) is 5.43 Å². The van der Waals surface area contributed by atoms with E-state index in [1.807, 2.05) is 0 Å². The lowest BCUT2D eigenvalue weighted by Gasteiger charge is -2.19. The van der Waals surface area contributed by atoms with Gasteiger partial charge in [-0.2, -0.15) is 5.10 Å². The Bertz CT molecular complexity index is 541. The Morgan fingerprint density at radius 3 is 2.29 bits per heavy atom. The fourth-order valence-corrected chi connectivity index (χ4v) is 2.92. The molecule has 5 nitrogen and oxygen atoms in total. The summed E-state index contributed by atoms with van der Waals surface area (Å²) in [4.78, 5) is 23.6. The monoisotopic (exact) mass is 292 g/mol. The maximum absolute atomic E-state index is 12.0. The Kier molecular flexibility index (Phi) is 5.53. The van der Waals surface area contributed by atoms with Crippen LogP contribution in [0.3, 0.4) is 0 Å². The second kappa shape index (κ2) is 7.38. The Morgan fingerprint density at radius 2 is 1.76 bits per heavy atom. The van der Waals surface area contributed by atoms with Crippen LogP contribution >= 0.6 is 0 Å². The number of rotatable bonds is 3. The van der Waals surface area contributed by atoms with Gasteiger partial charge in [-0.3, -0.25) is 14.3 Å². The highest BCUT2D eigenvalue weighted by Gasteiger charge is 2.19. The van der Waals surface area contributed by atoms with Crippen LogP contribution < -0.4 is 10.2 Å². The molecule has 1 aliphatic carbocycles. The van der Waals surface area contributed by atoms with Crippen molar-refractivity contribution in [3.63, 3.8) is 0 Å². The minimum Gasteiger partial charge on any atom is -0.491 e. The third-order valence-electron chi connectivity index (χ3n) is 4.16. The normalized spacial score (nSPS) is 17.6. The van der Waals surface area contributed by atoms with E-state index in [1.54, 1.807) is 10.9 Å². The van der Waals surface area contributed by atoms with Gasteiger partial charge in [-0.25, -0.2) is 0 Å². The zero-order chi connectivity index (χ0) is 15.2. The van der Waals surface area contributed by atoms with E-state index in [0.717, 1.165) is 25.7 Å². The van der Waals surface area contributed by atoms with Crippen LogP contribution in [0.1, 0.15) is 74.8 Å². The number of carbonyl (C=O) groups excluding carboxylic acids is 1. The van der Waals surface area contributed by atoms with Crippen molar-refractivity contribution in [2.24, 2.45) is 0 Å². The van der Waals surface area contributed by atoms with Crippen LogP contribution in [0.4, 0.5) is 0 Å². The van der Waals surface area contributed by atoms with E-state index in [-0.39, 0.29) is 23.3 Å². The zero-order valence-electron chi connectivity index (χ0n) is 12.9. The minimum atomic E-state index is -0.413. The summed E-state index contributed by atoms with van der Waals surface area (Å²) in [7, 11) is 1.45. The molecule has 0 N–H and O–H groups in total. The summed E-state index contributed by atoms with van der Waals surface area (Å²) in [6.45, 7) is 1.37. The molecule has 0 spiro atoms. The molecular weight excluding hydrogens is 268 g/mol. The second-order valence-corrected chi connectivity index (χ2v) is 5.76. The van der Waals surface area contributed by atoms with Gasteiger partial charge in [-0.05, 0) is 12.8 Å². The van der Waals surface area contributed by atoms with E-state index in [1.165, 1.54) is 39.7 Å². The number of hydrogen-bond donors (Lipinski definition) is 0. The van der Waals surface area contributed by atoms with Gasteiger partial charge < -0.3 is 4.74 Å². The van der Waals surface area contributed by atoms with Crippen molar-refractivity contribution in [2.75, 3.05) is 7.11 Å². The van der Waals surface area contributed by atoms with Gasteiger partial charge in [-0.1, -0.05) is 38.5 Å². The lowest BCUT2D eigenvalue weighted by atomic mass is 10.1. The molecule has 0 unspecified atom stereocenters. The van der Waals surface area contributed by atoms with Crippen molar-refractivity contribution in [2.45, 2.75) is 64.3 Å². The molecule has 1 aromatic heterocycles. The van der Waals surface area contributed by atoms with Crippen LogP contribution in [-0.4, -0.2) is 22.7 Å². The van der Waals surface area contributed by atoms with E-state index in [4.69, 9.17) is 4.74 Å². The van der Waals surface area contributed by atoms with Crippen LogP contribution in [0.5, 0.6) is 5.75 Å². The first kappa shape index (κ1) is 15.7. The van der Waals surface area contributed by atoms with Crippen molar-refractivity contribution in [3.8, 4) is 5.75 Å². The van der Waals surface area contributed by atoms with Gasteiger partial charge in [0.1, 0.15) is 0 Å². The van der Waals surface area contributed by atoms with Crippen LogP contribution in [0.15, 0.2) is 11.0 Å². The van der Waals surface area contributed by atoms with Gasteiger partial charge in [-0.15, -0.1) is 0 Å². The first-order valence-corrected chi connectivity index (χ1v) is 7.82. The number of ether oxygens (including phenoxy) is 1. The molecule has 1 heterocycles. The van der Waals surface area contributed by atoms with Crippen LogP contribution in [0.2, 0.25) is 0 Å². The molecule has 116 valence electrons. The van der Waals surface area contributed by atoms with E-state index >= 15 is 0 Å². The largest absolute Gasteiger partial charge is 0.491 e. The second-order valence-electron chi connectivity index (χ2n) is 5.76. The molecule has 1 saturated carbocycles. The zero-order valence-corrected chi connectivity index (χ0v) is 12.9. The third-order valence-corrected chi connectivity index (χ3v) is 4.16. The van der Waals surface area contributed by atoms with Gasteiger partial charge in [0, 0.05) is 6.92 Å². The summed E-state index contributed by atoms with van der Waals surface area (Å²) in [6, 6.07) is 0.246. The van der Waals surface area contributed by atoms with Crippen molar-refractivity contribution in [3.05, 3.63) is 22.1 Å². The van der Waals surface area contributed by atoms with E-state index < -0.39 is 5.43 Å². The molecule has 0 aromatic carbocycles. The van der Waals surface area contributed by atoms with Gasteiger partial charge in [0.15, 0.2) is 17.2 Å². The maximum atomic E-state index is 12.0. The predicted molar refractivity (Wildman–Crippen MR) is 81.0 cm³/mol. The summed E-state index contributed by atoms with van der Waals surface area (Å²) < 4.78 is 6.90. The Balaban J connectivity index is 2.34. The molecule has 0 saturated heterocycles. The molecule has 21 heavy (non-hydrogen) atoms. The van der Waals surface area contributed by atoms with Crippen molar-refractivity contribution in [1.82, 2.24) is 9.78 Å². The van der Waals surface area contributed by atoms with E-state index in [2.05, 4.69) is 5.10 Å². The van der Waals surface area contributed by atoms with Crippen molar-refractivity contribution >= 4 is 5.78 Å². The number of hydrogen-bond acceptors (Lipinski definition) is 4. The lowest BCUT2D eigenvalue weighted by Crippen LogP contribution is -2.24. The number of Topliss-reactive ketones (excluding diaryl/α,β-unsaturated/α-hetero) is 1. The highest BCUT2D eigenvalue weighted by molar-refractivity contribution is 5.92. The van der Waals surface area contributed by atoms with Gasteiger partial charge in [0.05, 0.1) is 19.3 Å². The molecule has 0 bridgehead atoms. The number of nitrogens with zero attached hydrogens (tertiary/aromatic N) is 2. The molecule has 2 rings (SSSR count). The number of carbonyl (C=O) groups is 1. The van der Waals surface area contributed by atoms with Crippen molar-refractivity contribution in [1.29, 1.82) is 0 Å². The molecule has 0 atom stereocenters. The number of aromatic nitrogens is 2. The van der Waals surface area contributed by atoms with Gasteiger partial charge in [0.2, 0.25) is 0 Å². The smallest absolute Gasteiger partial charge is 0.252 e. The molecule has 1 aromatic rings. The summed E-state index contributed by atoms with van der Waals surface area (Å²) in [5, 5.41) is 4.28. The van der Waals surface area contributed by atoms with Crippen LogP contribution in [0.25, 0.3) is 0 Å². The quantitative estimate of drug-likeness (QED) is 0.803. The van der Waals surface area contributed by atoms with E-state index in [0.29, 0.717) is 0 Å². The number of ketones is 1. The molecular formula is C16H24N2O3.